The molecule has 0 unspecified atom stereocenters. The number of anilines is 2. The highest BCUT2D eigenvalue weighted by molar-refractivity contribution is 7.98. The Hall–Kier alpha value is -1.11. The molecule has 0 radical (unpaired) electrons. The van der Waals surface area contributed by atoms with Crippen LogP contribution in [-0.4, -0.2) is 23.5 Å². The molecule has 3 N–H and O–H groups in total. The van der Waals surface area contributed by atoms with E-state index < -0.39 is 11.7 Å². The van der Waals surface area contributed by atoms with Gasteiger partial charge in [-0.15, -0.1) is 0 Å². The zero-order valence-electron chi connectivity index (χ0n) is 9.34. The van der Waals surface area contributed by atoms with E-state index in [0.717, 1.165) is 24.3 Å². The largest absolute Gasteiger partial charge is 0.416 e. The Morgan fingerprint density at radius 3 is 2.71 bits per heavy atom. The number of alkyl halides is 3. The summed E-state index contributed by atoms with van der Waals surface area (Å²) in [5.74, 6) is 0.979. The number of hydrogen-bond donors (Lipinski definition) is 2. The molecule has 7 heteroatoms. The first kappa shape index (κ1) is 14.0. The predicted molar refractivity (Wildman–Crippen MR) is 65.1 cm³/mol. The van der Waals surface area contributed by atoms with Gasteiger partial charge in [-0.3, -0.25) is 0 Å². The van der Waals surface area contributed by atoms with Crippen molar-refractivity contribution in [2.45, 2.75) is 12.6 Å². The van der Waals surface area contributed by atoms with Crippen LogP contribution in [0.4, 0.5) is 24.8 Å². The van der Waals surface area contributed by atoms with E-state index in [2.05, 4.69) is 10.3 Å². The number of rotatable bonds is 5. The summed E-state index contributed by atoms with van der Waals surface area (Å²) in [4.78, 5) is 3.80. The topological polar surface area (TPSA) is 50.9 Å². The van der Waals surface area contributed by atoms with Gasteiger partial charge in [0.1, 0.15) is 11.6 Å². The van der Waals surface area contributed by atoms with Crippen LogP contribution in [-0.2, 0) is 6.18 Å². The summed E-state index contributed by atoms with van der Waals surface area (Å²) in [6.45, 7) is 0.578. The molecule has 0 aliphatic carbocycles. The number of halogens is 3. The number of hydrogen-bond acceptors (Lipinski definition) is 4. The molecule has 1 aromatic rings. The van der Waals surface area contributed by atoms with E-state index in [0.29, 0.717) is 6.54 Å². The lowest BCUT2D eigenvalue weighted by molar-refractivity contribution is -0.137. The molecule has 1 rings (SSSR count). The summed E-state index contributed by atoms with van der Waals surface area (Å²) < 4.78 is 37.4. The van der Waals surface area contributed by atoms with Crippen molar-refractivity contribution in [1.29, 1.82) is 0 Å². The first-order valence-corrected chi connectivity index (χ1v) is 6.40. The maximum absolute atomic E-state index is 12.5. The molecule has 0 bridgehead atoms. The number of nitrogens with two attached hydrogens (primary N) is 1. The fourth-order valence-corrected chi connectivity index (χ4v) is 1.67. The van der Waals surface area contributed by atoms with Gasteiger partial charge in [-0.2, -0.15) is 24.9 Å². The second-order valence-electron chi connectivity index (χ2n) is 3.44. The van der Waals surface area contributed by atoms with Crippen molar-refractivity contribution in [3.8, 4) is 0 Å². The van der Waals surface area contributed by atoms with Crippen molar-refractivity contribution < 1.29 is 13.2 Å². The van der Waals surface area contributed by atoms with Crippen LogP contribution in [0.1, 0.15) is 12.0 Å². The van der Waals surface area contributed by atoms with Crippen LogP contribution in [0.15, 0.2) is 12.1 Å². The van der Waals surface area contributed by atoms with Gasteiger partial charge in [0, 0.05) is 6.54 Å². The van der Waals surface area contributed by atoms with Crippen LogP contribution >= 0.6 is 11.8 Å². The van der Waals surface area contributed by atoms with Crippen LogP contribution in [0.2, 0.25) is 0 Å². The summed E-state index contributed by atoms with van der Waals surface area (Å²) in [5.41, 5.74) is 4.55. The molecule has 0 saturated carbocycles. The Bertz CT molecular complexity index is 368. The molecule has 0 fully saturated rings. The van der Waals surface area contributed by atoms with Gasteiger partial charge in [0.05, 0.1) is 5.56 Å². The second kappa shape index (κ2) is 6.00. The van der Waals surface area contributed by atoms with Crippen molar-refractivity contribution in [3.63, 3.8) is 0 Å². The minimum atomic E-state index is -4.40. The Balaban J connectivity index is 2.69. The van der Waals surface area contributed by atoms with Gasteiger partial charge in [0.15, 0.2) is 0 Å². The lowest BCUT2D eigenvalue weighted by Crippen LogP contribution is -2.10. The highest BCUT2D eigenvalue weighted by atomic mass is 32.2. The number of nitrogens with zero attached hydrogens (tertiary/aromatic N) is 1. The molecule has 0 aliphatic rings. The van der Waals surface area contributed by atoms with E-state index in [1.807, 2.05) is 6.26 Å². The van der Waals surface area contributed by atoms with Gasteiger partial charge >= 0.3 is 6.18 Å². The summed E-state index contributed by atoms with van der Waals surface area (Å²) >= 11 is 1.68. The normalized spacial score (nSPS) is 11.5. The number of thioether (sulfide) groups is 1. The lowest BCUT2D eigenvalue weighted by atomic mass is 10.2. The molecule has 0 atom stereocenters. The van der Waals surface area contributed by atoms with Gasteiger partial charge in [-0.25, -0.2) is 4.98 Å². The average molecular weight is 265 g/mol. The zero-order valence-corrected chi connectivity index (χ0v) is 10.2. The van der Waals surface area contributed by atoms with Crippen molar-refractivity contribution in [3.05, 3.63) is 17.7 Å². The second-order valence-corrected chi connectivity index (χ2v) is 4.42. The van der Waals surface area contributed by atoms with Crippen LogP contribution < -0.4 is 11.1 Å². The molecule has 3 nitrogen and oxygen atoms in total. The van der Waals surface area contributed by atoms with Gasteiger partial charge < -0.3 is 11.1 Å². The Labute approximate surface area is 102 Å². The van der Waals surface area contributed by atoms with E-state index in [1.165, 1.54) is 0 Å². The SMILES string of the molecule is CSCCCNc1cc(C(F)(F)F)cc(N)n1. The quantitative estimate of drug-likeness (QED) is 0.804. The highest BCUT2D eigenvalue weighted by Gasteiger charge is 2.31. The van der Waals surface area contributed by atoms with Gasteiger partial charge in [0.25, 0.3) is 0 Å². The third-order valence-electron chi connectivity index (χ3n) is 2.00. The number of nitrogens with one attached hydrogen (secondary N) is 1. The number of pyridine rings is 1. The molecule has 1 aromatic heterocycles. The molecule has 0 amide bonds. The van der Waals surface area contributed by atoms with Crippen LogP contribution in [0.25, 0.3) is 0 Å². The summed E-state index contributed by atoms with van der Waals surface area (Å²) in [6.07, 6.45) is -1.56. The van der Waals surface area contributed by atoms with E-state index >= 15 is 0 Å². The highest BCUT2D eigenvalue weighted by Crippen LogP contribution is 2.31. The van der Waals surface area contributed by atoms with E-state index in [1.54, 1.807) is 11.8 Å². The zero-order chi connectivity index (χ0) is 12.9. The van der Waals surface area contributed by atoms with Crippen LogP contribution in [0.3, 0.4) is 0 Å². The third kappa shape index (κ3) is 4.72. The van der Waals surface area contributed by atoms with E-state index in [4.69, 9.17) is 5.73 Å². The van der Waals surface area contributed by atoms with Crippen LogP contribution in [0.5, 0.6) is 0 Å². The summed E-state index contributed by atoms with van der Waals surface area (Å²) in [5, 5.41) is 2.83. The van der Waals surface area contributed by atoms with Crippen molar-refractivity contribution in [2.24, 2.45) is 0 Å². The maximum Gasteiger partial charge on any atom is 0.416 e. The molecular weight excluding hydrogens is 251 g/mol. The Morgan fingerprint density at radius 1 is 1.41 bits per heavy atom. The van der Waals surface area contributed by atoms with E-state index in [-0.39, 0.29) is 11.6 Å². The number of aromatic nitrogens is 1. The van der Waals surface area contributed by atoms with Gasteiger partial charge in [0.2, 0.25) is 0 Å². The molecule has 0 aromatic carbocycles. The van der Waals surface area contributed by atoms with Crippen molar-refractivity contribution in [1.82, 2.24) is 4.98 Å². The van der Waals surface area contributed by atoms with Crippen LogP contribution in [0, 0.1) is 0 Å². The number of nitrogen functional groups attached to an aromatic ring is 1. The van der Waals surface area contributed by atoms with Gasteiger partial charge in [-0.05, 0) is 30.6 Å². The van der Waals surface area contributed by atoms with E-state index in [9.17, 15) is 13.2 Å². The lowest BCUT2D eigenvalue weighted by Gasteiger charge is -2.11. The minimum Gasteiger partial charge on any atom is -0.384 e. The predicted octanol–water partition coefficient (Wildman–Crippen LogP) is 2.85. The summed E-state index contributed by atoms with van der Waals surface area (Å²) in [7, 11) is 0. The molecule has 0 spiro atoms. The molecule has 0 aliphatic heterocycles. The molecular formula is C10H14F3N3S. The molecule has 1 heterocycles. The first-order chi connectivity index (χ1) is 7.93. The smallest absolute Gasteiger partial charge is 0.384 e. The van der Waals surface area contributed by atoms with Gasteiger partial charge in [-0.1, -0.05) is 0 Å². The fraction of sp³-hybridized carbons (Fsp3) is 0.500. The monoisotopic (exact) mass is 265 g/mol. The maximum atomic E-state index is 12.5. The Kier molecular flexibility index (Phi) is 4.92. The fourth-order valence-electron chi connectivity index (χ4n) is 1.24. The average Bonchev–Trinajstić information content (AvgIpc) is 2.22. The minimum absolute atomic E-state index is 0.132. The third-order valence-corrected chi connectivity index (χ3v) is 2.70. The van der Waals surface area contributed by atoms with Crippen molar-refractivity contribution in [2.75, 3.05) is 29.6 Å². The molecule has 96 valence electrons. The Morgan fingerprint density at radius 2 is 2.12 bits per heavy atom. The molecule has 0 saturated heterocycles. The standard InChI is InChI=1S/C10H14F3N3S/c1-17-4-2-3-15-9-6-7(10(11,12)13)5-8(14)16-9/h5-6H,2-4H2,1H3,(H3,14,15,16). The first-order valence-electron chi connectivity index (χ1n) is 5.01. The van der Waals surface area contributed by atoms with Crippen molar-refractivity contribution >= 4 is 23.4 Å². The molecule has 17 heavy (non-hydrogen) atoms. The summed E-state index contributed by atoms with van der Waals surface area (Å²) in [6, 6.07) is 1.79.